The summed E-state index contributed by atoms with van der Waals surface area (Å²) in [5.74, 6) is -0.688. The first-order valence-corrected chi connectivity index (χ1v) is 6.98. The van der Waals surface area contributed by atoms with Crippen molar-refractivity contribution in [2.24, 2.45) is 7.05 Å². The summed E-state index contributed by atoms with van der Waals surface area (Å²) in [5.41, 5.74) is 2.32. The van der Waals surface area contributed by atoms with E-state index in [1.165, 1.54) is 11.8 Å². The molecular formula is C16H19N3O3. The van der Waals surface area contributed by atoms with Crippen LogP contribution in [0.1, 0.15) is 28.2 Å². The van der Waals surface area contributed by atoms with Crippen LogP contribution in [0, 0.1) is 6.92 Å². The lowest BCUT2D eigenvalue weighted by atomic mass is 10.1. The number of benzene rings is 1. The van der Waals surface area contributed by atoms with Crippen LogP contribution in [0.5, 0.6) is 0 Å². The van der Waals surface area contributed by atoms with Gasteiger partial charge in [-0.2, -0.15) is 5.10 Å². The van der Waals surface area contributed by atoms with Crippen LogP contribution in [0.25, 0.3) is 0 Å². The van der Waals surface area contributed by atoms with Gasteiger partial charge in [0.05, 0.1) is 18.5 Å². The molecule has 0 fully saturated rings. The molecule has 1 aromatic heterocycles. The van der Waals surface area contributed by atoms with Crippen molar-refractivity contribution in [1.82, 2.24) is 9.78 Å². The van der Waals surface area contributed by atoms with Crippen molar-refractivity contribution in [2.45, 2.75) is 19.8 Å². The van der Waals surface area contributed by atoms with Crippen LogP contribution in [0.2, 0.25) is 0 Å². The highest BCUT2D eigenvalue weighted by Crippen LogP contribution is 2.21. The van der Waals surface area contributed by atoms with E-state index in [1.54, 1.807) is 14.0 Å². The van der Waals surface area contributed by atoms with Crippen molar-refractivity contribution in [1.29, 1.82) is 0 Å². The SMILES string of the molecule is COC(=O)c1c(NC(=O)CCc2ccccc2)c(C)nn1C. The third-order valence-corrected chi connectivity index (χ3v) is 3.35. The molecular weight excluding hydrogens is 282 g/mol. The minimum absolute atomic E-state index is 0.162. The Kier molecular flexibility index (Phi) is 4.93. The lowest BCUT2D eigenvalue weighted by molar-refractivity contribution is -0.116. The van der Waals surface area contributed by atoms with Crippen LogP contribution >= 0.6 is 0 Å². The number of amides is 1. The third-order valence-electron chi connectivity index (χ3n) is 3.35. The molecule has 6 nitrogen and oxygen atoms in total. The molecule has 0 radical (unpaired) electrons. The van der Waals surface area contributed by atoms with Crippen LogP contribution in [-0.2, 0) is 23.0 Å². The topological polar surface area (TPSA) is 73.2 Å². The molecule has 1 amide bonds. The molecule has 0 aliphatic heterocycles. The molecule has 0 aliphatic carbocycles. The molecule has 0 saturated heterocycles. The molecule has 0 aliphatic rings. The molecule has 1 aromatic carbocycles. The van der Waals surface area contributed by atoms with Crippen LogP contribution in [-0.4, -0.2) is 28.8 Å². The fourth-order valence-corrected chi connectivity index (χ4v) is 2.24. The summed E-state index contributed by atoms with van der Waals surface area (Å²) in [6.45, 7) is 1.74. The Bertz CT molecular complexity index is 677. The summed E-state index contributed by atoms with van der Waals surface area (Å²) in [7, 11) is 2.94. The standard InChI is InChI=1S/C16H19N3O3/c1-11-14(15(16(21)22-3)19(2)18-11)17-13(20)10-9-12-7-5-4-6-8-12/h4-8H,9-10H2,1-3H3,(H,17,20). The van der Waals surface area contributed by atoms with Crippen LogP contribution in [0.3, 0.4) is 0 Å². The van der Waals surface area contributed by atoms with Gasteiger partial charge in [-0.1, -0.05) is 30.3 Å². The number of aromatic nitrogens is 2. The first kappa shape index (κ1) is 15.8. The molecule has 2 aromatic rings. The summed E-state index contributed by atoms with van der Waals surface area (Å²) < 4.78 is 6.14. The zero-order valence-electron chi connectivity index (χ0n) is 12.9. The van der Waals surface area contributed by atoms with Crippen molar-refractivity contribution in [3.8, 4) is 0 Å². The van der Waals surface area contributed by atoms with E-state index in [4.69, 9.17) is 4.74 Å². The summed E-state index contributed by atoms with van der Waals surface area (Å²) in [6, 6.07) is 9.76. The van der Waals surface area contributed by atoms with E-state index < -0.39 is 5.97 Å². The fraction of sp³-hybridized carbons (Fsp3) is 0.312. The molecule has 0 atom stereocenters. The van der Waals surface area contributed by atoms with E-state index in [2.05, 4.69) is 10.4 Å². The van der Waals surface area contributed by atoms with Crippen LogP contribution in [0.15, 0.2) is 30.3 Å². The number of nitrogens with zero attached hydrogens (tertiary/aromatic N) is 2. The number of aryl methyl sites for hydroxylation is 3. The lowest BCUT2D eigenvalue weighted by Gasteiger charge is -2.07. The number of nitrogens with one attached hydrogen (secondary N) is 1. The number of carbonyl (C=O) groups excluding carboxylic acids is 2. The largest absolute Gasteiger partial charge is 0.464 e. The van der Waals surface area contributed by atoms with Crippen molar-refractivity contribution in [2.75, 3.05) is 12.4 Å². The van der Waals surface area contributed by atoms with Gasteiger partial charge in [-0.3, -0.25) is 9.48 Å². The van der Waals surface area contributed by atoms with Gasteiger partial charge in [-0.25, -0.2) is 4.79 Å². The minimum Gasteiger partial charge on any atom is -0.464 e. The highest BCUT2D eigenvalue weighted by molar-refractivity contribution is 6.00. The average molecular weight is 301 g/mol. The molecule has 1 heterocycles. The summed E-state index contributed by atoms with van der Waals surface area (Å²) in [4.78, 5) is 23.9. The molecule has 6 heteroatoms. The van der Waals surface area contributed by atoms with Crippen molar-refractivity contribution >= 4 is 17.6 Å². The number of hydrogen-bond acceptors (Lipinski definition) is 4. The number of hydrogen-bond donors (Lipinski definition) is 1. The molecule has 1 N–H and O–H groups in total. The van der Waals surface area contributed by atoms with Gasteiger partial charge in [0.1, 0.15) is 0 Å². The quantitative estimate of drug-likeness (QED) is 0.858. The molecule has 0 saturated carbocycles. The second kappa shape index (κ2) is 6.89. The molecule has 2 rings (SSSR count). The van der Waals surface area contributed by atoms with Crippen molar-refractivity contribution < 1.29 is 14.3 Å². The second-order valence-corrected chi connectivity index (χ2v) is 4.96. The summed E-state index contributed by atoms with van der Waals surface area (Å²) in [5, 5.41) is 6.91. The number of esters is 1. The molecule has 0 unspecified atom stereocenters. The molecule has 0 spiro atoms. The van der Waals surface area contributed by atoms with Gasteiger partial charge in [0.25, 0.3) is 0 Å². The highest BCUT2D eigenvalue weighted by atomic mass is 16.5. The zero-order valence-corrected chi connectivity index (χ0v) is 12.9. The second-order valence-electron chi connectivity index (χ2n) is 4.96. The van der Waals surface area contributed by atoms with E-state index in [0.717, 1.165) is 5.56 Å². The Morgan fingerprint density at radius 1 is 1.27 bits per heavy atom. The Morgan fingerprint density at radius 2 is 1.95 bits per heavy atom. The highest BCUT2D eigenvalue weighted by Gasteiger charge is 2.22. The molecule has 0 bridgehead atoms. The summed E-state index contributed by atoms with van der Waals surface area (Å²) >= 11 is 0. The van der Waals surface area contributed by atoms with Gasteiger partial charge in [0, 0.05) is 13.5 Å². The Morgan fingerprint density at radius 3 is 2.59 bits per heavy atom. The van der Waals surface area contributed by atoms with Gasteiger partial charge in [0.2, 0.25) is 5.91 Å². The predicted molar refractivity (Wildman–Crippen MR) is 82.7 cm³/mol. The van der Waals surface area contributed by atoms with Crippen LogP contribution in [0.4, 0.5) is 5.69 Å². The Labute approximate surface area is 129 Å². The van der Waals surface area contributed by atoms with Crippen LogP contribution < -0.4 is 5.32 Å². The number of rotatable bonds is 5. The molecule has 116 valence electrons. The third kappa shape index (κ3) is 3.52. The number of carbonyl (C=O) groups is 2. The minimum atomic E-state index is -0.526. The van der Waals surface area contributed by atoms with E-state index in [1.807, 2.05) is 30.3 Å². The van der Waals surface area contributed by atoms with Crippen molar-refractivity contribution in [3.05, 3.63) is 47.3 Å². The first-order chi connectivity index (χ1) is 10.5. The lowest BCUT2D eigenvalue weighted by Crippen LogP contribution is -2.17. The molecule has 22 heavy (non-hydrogen) atoms. The van der Waals surface area contributed by atoms with E-state index >= 15 is 0 Å². The van der Waals surface area contributed by atoms with Gasteiger partial charge >= 0.3 is 5.97 Å². The summed E-state index contributed by atoms with van der Waals surface area (Å²) in [6.07, 6.45) is 0.971. The number of methoxy groups -OCH3 is 1. The monoisotopic (exact) mass is 301 g/mol. The Hall–Kier alpha value is -2.63. The maximum atomic E-state index is 12.1. The van der Waals surface area contributed by atoms with Gasteiger partial charge in [-0.15, -0.1) is 0 Å². The fourth-order valence-electron chi connectivity index (χ4n) is 2.24. The average Bonchev–Trinajstić information content (AvgIpc) is 2.79. The van der Waals surface area contributed by atoms with Gasteiger partial charge in [-0.05, 0) is 18.9 Å². The maximum Gasteiger partial charge on any atom is 0.358 e. The normalized spacial score (nSPS) is 10.3. The smallest absolute Gasteiger partial charge is 0.358 e. The Balaban J connectivity index is 2.07. The predicted octanol–water partition coefficient (Wildman–Crippen LogP) is 2.09. The van der Waals surface area contributed by atoms with E-state index in [-0.39, 0.29) is 11.6 Å². The van der Waals surface area contributed by atoms with Gasteiger partial charge < -0.3 is 10.1 Å². The maximum absolute atomic E-state index is 12.1. The van der Waals surface area contributed by atoms with E-state index in [0.29, 0.717) is 24.2 Å². The number of anilines is 1. The zero-order chi connectivity index (χ0) is 16.1. The van der Waals surface area contributed by atoms with Crippen molar-refractivity contribution in [3.63, 3.8) is 0 Å². The number of ether oxygens (including phenoxy) is 1. The van der Waals surface area contributed by atoms with E-state index in [9.17, 15) is 9.59 Å². The first-order valence-electron chi connectivity index (χ1n) is 6.98. The van der Waals surface area contributed by atoms with Gasteiger partial charge in [0.15, 0.2) is 5.69 Å².